The van der Waals surface area contributed by atoms with Gasteiger partial charge in [0.2, 0.25) is 0 Å². The molecule has 0 spiro atoms. The molecule has 0 radical (unpaired) electrons. The van der Waals surface area contributed by atoms with Crippen LogP contribution in [0.3, 0.4) is 0 Å². The molecule has 0 fully saturated rings. The van der Waals surface area contributed by atoms with Crippen LogP contribution in [0, 0.1) is 6.92 Å². The van der Waals surface area contributed by atoms with Gasteiger partial charge in [-0.1, -0.05) is 0 Å². The van der Waals surface area contributed by atoms with Gasteiger partial charge in [0, 0.05) is 4.88 Å². The highest BCUT2D eigenvalue weighted by Crippen LogP contribution is 2.19. The van der Waals surface area contributed by atoms with Crippen LogP contribution in [0.1, 0.15) is 11.8 Å². The lowest BCUT2D eigenvalue weighted by Crippen LogP contribution is -2.22. The first-order chi connectivity index (χ1) is 7.08. The van der Waals surface area contributed by atoms with Crippen molar-refractivity contribution >= 4 is 27.3 Å². The van der Waals surface area contributed by atoms with Gasteiger partial charge in [-0.2, -0.15) is 0 Å². The zero-order chi connectivity index (χ0) is 11.0. The Labute approximate surface area is 90.2 Å². The van der Waals surface area contributed by atoms with Crippen LogP contribution in [-0.4, -0.2) is 15.3 Å². The maximum absolute atomic E-state index is 11.9. The van der Waals surface area contributed by atoms with Gasteiger partial charge in [0.15, 0.2) is 0 Å². The summed E-state index contributed by atoms with van der Waals surface area (Å²) >= 11 is 1.48. The van der Waals surface area contributed by atoms with E-state index in [2.05, 4.69) is 4.98 Å². The molecular formula is C10H10N2O2S. The topological polar surface area (TPSA) is 52.0 Å². The number of ketones is 1. The molecule has 2 aromatic heterocycles. The van der Waals surface area contributed by atoms with E-state index < -0.39 is 0 Å². The predicted molar refractivity (Wildman–Crippen MR) is 59.3 cm³/mol. The van der Waals surface area contributed by atoms with Crippen molar-refractivity contribution in [1.29, 1.82) is 0 Å². The lowest BCUT2D eigenvalue weighted by atomic mass is 10.3. The van der Waals surface area contributed by atoms with Gasteiger partial charge in [-0.3, -0.25) is 14.2 Å². The van der Waals surface area contributed by atoms with Crippen LogP contribution in [0.2, 0.25) is 0 Å². The van der Waals surface area contributed by atoms with Crippen LogP contribution in [0.25, 0.3) is 10.2 Å². The summed E-state index contributed by atoms with van der Waals surface area (Å²) in [5, 5.41) is 0.598. The summed E-state index contributed by atoms with van der Waals surface area (Å²) in [4.78, 5) is 28.7. The van der Waals surface area contributed by atoms with Crippen molar-refractivity contribution in [3.8, 4) is 0 Å². The molecular weight excluding hydrogens is 212 g/mol. The molecule has 0 saturated heterocycles. The number of rotatable bonds is 2. The minimum absolute atomic E-state index is 0.0507. The number of aryl methyl sites for hydroxylation is 1. The van der Waals surface area contributed by atoms with Crippen LogP contribution < -0.4 is 5.56 Å². The summed E-state index contributed by atoms with van der Waals surface area (Å²) in [6.07, 6.45) is 1.43. The second-order valence-corrected chi connectivity index (χ2v) is 4.69. The third-order valence-electron chi connectivity index (χ3n) is 2.03. The van der Waals surface area contributed by atoms with Crippen LogP contribution in [0.4, 0.5) is 0 Å². The number of hydrogen-bond acceptors (Lipinski definition) is 4. The summed E-state index contributed by atoms with van der Waals surface area (Å²) < 4.78 is 1.34. The molecule has 15 heavy (non-hydrogen) atoms. The Morgan fingerprint density at radius 3 is 3.00 bits per heavy atom. The third-order valence-corrected chi connectivity index (χ3v) is 2.99. The Hall–Kier alpha value is -1.49. The standard InChI is InChI=1S/C10H10N2O2S/c1-6(13)4-12-5-11-9-8(10(12)14)3-7(2)15-9/h3,5H,4H2,1-2H3. The molecule has 78 valence electrons. The molecule has 0 saturated carbocycles. The van der Waals surface area contributed by atoms with Crippen LogP contribution in [0.15, 0.2) is 17.2 Å². The van der Waals surface area contributed by atoms with Crippen molar-refractivity contribution in [3.05, 3.63) is 27.6 Å². The molecule has 0 bridgehead atoms. The van der Waals surface area contributed by atoms with Crippen molar-refractivity contribution in [3.63, 3.8) is 0 Å². The van der Waals surface area contributed by atoms with Crippen molar-refractivity contribution in [1.82, 2.24) is 9.55 Å². The number of carbonyl (C=O) groups is 1. The molecule has 0 aliphatic carbocycles. The number of Topliss-reactive ketones (excluding diaryl/α,β-unsaturated/α-hetero) is 1. The molecule has 4 nitrogen and oxygen atoms in total. The summed E-state index contributed by atoms with van der Waals surface area (Å²) in [5.41, 5.74) is -0.139. The second-order valence-electron chi connectivity index (χ2n) is 3.46. The highest BCUT2D eigenvalue weighted by Gasteiger charge is 2.07. The van der Waals surface area contributed by atoms with E-state index in [1.807, 2.05) is 13.0 Å². The number of hydrogen-bond donors (Lipinski definition) is 0. The number of nitrogens with zero attached hydrogens (tertiary/aromatic N) is 2. The molecule has 0 amide bonds. The molecule has 5 heteroatoms. The first kappa shape index (κ1) is 10.0. The van der Waals surface area contributed by atoms with E-state index >= 15 is 0 Å². The normalized spacial score (nSPS) is 10.8. The van der Waals surface area contributed by atoms with Crippen LogP contribution in [-0.2, 0) is 11.3 Å². The van der Waals surface area contributed by atoms with Gasteiger partial charge < -0.3 is 0 Å². The van der Waals surface area contributed by atoms with Crippen LogP contribution in [0.5, 0.6) is 0 Å². The van der Waals surface area contributed by atoms with Gasteiger partial charge in [0.05, 0.1) is 18.3 Å². The van der Waals surface area contributed by atoms with Crippen LogP contribution >= 0.6 is 11.3 Å². The molecule has 0 atom stereocenters. The van der Waals surface area contributed by atoms with E-state index in [1.165, 1.54) is 29.2 Å². The molecule has 2 rings (SSSR count). The molecule has 0 aliphatic rings. The Morgan fingerprint density at radius 2 is 2.33 bits per heavy atom. The lowest BCUT2D eigenvalue weighted by Gasteiger charge is -2.00. The molecule has 0 unspecified atom stereocenters. The number of carbonyl (C=O) groups excluding carboxylic acids is 1. The maximum atomic E-state index is 11.9. The van der Waals surface area contributed by atoms with Crippen molar-refractivity contribution in [2.24, 2.45) is 0 Å². The first-order valence-electron chi connectivity index (χ1n) is 4.53. The minimum Gasteiger partial charge on any atom is -0.298 e. The maximum Gasteiger partial charge on any atom is 0.262 e. The summed E-state index contributed by atoms with van der Waals surface area (Å²) in [6, 6.07) is 1.81. The lowest BCUT2D eigenvalue weighted by molar-refractivity contribution is -0.117. The fourth-order valence-electron chi connectivity index (χ4n) is 1.43. The van der Waals surface area contributed by atoms with Crippen molar-refractivity contribution < 1.29 is 4.79 Å². The number of fused-ring (bicyclic) bond motifs is 1. The number of thiophene rings is 1. The van der Waals surface area contributed by atoms with Gasteiger partial charge in [0.25, 0.3) is 5.56 Å². The van der Waals surface area contributed by atoms with Gasteiger partial charge in [-0.05, 0) is 19.9 Å². The predicted octanol–water partition coefficient (Wildman–Crippen LogP) is 1.36. The quantitative estimate of drug-likeness (QED) is 0.770. The zero-order valence-electron chi connectivity index (χ0n) is 8.48. The summed E-state index contributed by atoms with van der Waals surface area (Å²) in [7, 11) is 0. The number of aromatic nitrogens is 2. The van der Waals surface area contributed by atoms with Gasteiger partial charge in [-0.25, -0.2) is 4.98 Å². The highest BCUT2D eigenvalue weighted by molar-refractivity contribution is 7.18. The first-order valence-corrected chi connectivity index (χ1v) is 5.34. The average Bonchev–Trinajstić information content (AvgIpc) is 2.51. The van der Waals surface area contributed by atoms with Crippen molar-refractivity contribution in [2.45, 2.75) is 20.4 Å². The summed E-state index contributed by atoms with van der Waals surface area (Å²) in [5.74, 6) is -0.0507. The van der Waals surface area contributed by atoms with E-state index in [-0.39, 0.29) is 17.9 Å². The third kappa shape index (κ3) is 1.83. The Bertz CT molecular complexity index is 583. The van der Waals surface area contributed by atoms with Gasteiger partial charge in [0.1, 0.15) is 10.6 Å². The summed E-state index contributed by atoms with van der Waals surface area (Å²) in [6.45, 7) is 3.48. The average molecular weight is 222 g/mol. The van der Waals surface area contributed by atoms with E-state index in [9.17, 15) is 9.59 Å². The van der Waals surface area contributed by atoms with E-state index in [0.29, 0.717) is 5.39 Å². The fraction of sp³-hybridized carbons (Fsp3) is 0.300. The highest BCUT2D eigenvalue weighted by atomic mass is 32.1. The van der Waals surface area contributed by atoms with Crippen molar-refractivity contribution in [2.75, 3.05) is 0 Å². The molecule has 2 aromatic rings. The minimum atomic E-state index is -0.139. The van der Waals surface area contributed by atoms with E-state index in [0.717, 1.165) is 9.71 Å². The van der Waals surface area contributed by atoms with Gasteiger partial charge >= 0.3 is 0 Å². The smallest absolute Gasteiger partial charge is 0.262 e. The van der Waals surface area contributed by atoms with E-state index in [4.69, 9.17) is 0 Å². The Morgan fingerprint density at radius 1 is 1.60 bits per heavy atom. The monoisotopic (exact) mass is 222 g/mol. The molecule has 2 heterocycles. The van der Waals surface area contributed by atoms with Gasteiger partial charge in [-0.15, -0.1) is 11.3 Å². The largest absolute Gasteiger partial charge is 0.298 e. The Kier molecular flexibility index (Phi) is 2.40. The molecule has 0 N–H and O–H groups in total. The van der Waals surface area contributed by atoms with E-state index in [1.54, 1.807) is 0 Å². The zero-order valence-corrected chi connectivity index (χ0v) is 9.30. The second kappa shape index (κ2) is 3.58. The SMILES string of the molecule is CC(=O)Cn1cnc2sc(C)cc2c1=O. The molecule has 0 aromatic carbocycles. The molecule has 0 aliphatic heterocycles. The fourth-order valence-corrected chi connectivity index (χ4v) is 2.27. The Balaban J connectivity index is 2.64.